The minimum Gasteiger partial charge on any atom is -0.497 e. The van der Waals surface area contributed by atoms with Gasteiger partial charge in [-0.15, -0.1) is 0 Å². The number of hydrogen-bond acceptors (Lipinski definition) is 7. The van der Waals surface area contributed by atoms with Gasteiger partial charge in [-0.05, 0) is 67.5 Å². The highest BCUT2D eigenvalue weighted by Crippen LogP contribution is 2.47. The van der Waals surface area contributed by atoms with Gasteiger partial charge in [-0.2, -0.15) is 18.4 Å². The van der Waals surface area contributed by atoms with Crippen molar-refractivity contribution in [2.24, 2.45) is 5.92 Å². The number of carbonyl (C=O) groups excluding carboxylic acids is 2. The van der Waals surface area contributed by atoms with Crippen molar-refractivity contribution in [2.45, 2.75) is 87.1 Å². The Morgan fingerprint density at radius 1 is 1.00 bits per heavy atom. The summed E-state index contributed by atoms with van der Waals surface area (Å²) in [6.07, 6.45) is 0.650. The van der Waals surface area contributed by atoms with Crippen LogP contribution in [0.25, 0.3) is 0 Å². The molecule has 4 fully saturated rings. The summed E-state index contributed by atoms with van der Waals surface area (Å²) in [5.74, 6) is -1.84. The fraction of sp³-hybridized carbons (Fsp3) is 0.595. The van der Waals surface area contributed by atoms with Crippen molar-refractivity contribution in [1.29, 1.82) is 5.26 Å². The van der Waals surface area contributed by atoms with Crippen LogP contribution in [-0.2, 0) is 20.5 Å². The normalized spacial score (nSPS) is 27.0. The Morgan fingerprint density at radius 3 is 2.31 bits per heavy atom. The minimum atomic E-state index is -4.57. The third-order valence-electron chi connectivity index (χ3n) is 11.3. The second kappa shape index (κ2) is 14.2. The minimum absolute atomic E-state index is 0.0155. The number of alkyl halides is 4. The summed E-state index contributed by atoms with van der Waals surface area (Å²) in [5, 5.41) is 9.78. The number of esters is 1. The van der Waals surface area contributed by atoms with E-state index in [1.54, 1.807) is 31.4 Å². The molecule has 2 aromatic carbocycles. The summed E-state index contributed by atoms with van der Waals surface area (Å²) in [6, 6.07) is 12.6. The van der Waals surface area contributed by atoms with Crippen molar-refractivity contribution in [3.05, 3.63) is 59.2 Å². The van der Waals surface area contributed by atoms with Gasteiger partial charge in [0, 0.05) is 62.3 Å². The SMILES string of the molecule is COC(=O)C1CCN(c2cc(C(F)(F)F)ccc2[C@@H]2C[C@@H](CC#N)N(C(=O)[C@]3(F)CN(C4CCCC4)C[C@H]3c3ccc(OC)cc3)C2)CC1. The van der Waals surface area contributed by atoms with Crippen molar-refractivity contribution in [2.75, 3.05) is 51.8 Å². The summed E-state index contributed by atoms with van der Waals surface area (Å²) in [5.41, 5.74) is -1.32. The summed E-state index contributed by atoms with van der Waals surface area (Å²) in [6.45, 7) is 1.16. The number of rotatable bonds is 8. The number of ether oxygens (including phenoxy) is 2. The molecule has 264 valence electrons. The van der Waals surface area contributed by atoms with Gasteiger partial charge in [0.15, 0.2) is 0 Å². The number of anilines is 1. The van der Waals surface area contributed by atoms with E-state index in [1.165, 1.54) is 18.1 Å². The van der Waals surface area contributed by atoms with Gasteiger partial charge in [0.25, 0.3) is 5.91 Å². The smallest absolute Gasteiger partial charge is 0.416 e. The molecule has 1 amide bonds. The quantitative estimate of drug-likeness (QED) is 0.233. The van der Waals surface area contributed by atoms with Crippen LogP contribution in [0, 0.1) is 17.2 Å². The topological polar surface area (TPSA) is 86.1 Å². The van der Waals surface area contributed by atoms with Crippen LogP contribution >= 0.6 is 0 Å². The molecule has 1 saturated carbocycles. The maximum atomic E-state index is 17.7. The molecule has 0 radical (unpaired) electrons. The lowest BCUT2D eigenvalue weighted by Crippen LogP contribution is -2.52. The third kappa shape index (κ3) is 6.96. The standard InChI is InChI=1S/C37H44F4N4O4/c1-48-30-10-7-24(8-11-30)32-22-44(28-5-3-4-6-28)23-36(32,38)35(47)45-21-26(19-29(45)13-16-42)31-12-9-27(37(39,40)41)20-33(31)43-17-14-25(15-18-43)34(46)49-2/h7-12,20,25-26,28-29,32H,3-6,13-15,17-19,21-23H2,1-2H3/t26-,29-,32+,36+/m1/s1. The Balaban J connectivity index is 1.31. The van der Waals surface area contributed by atoms with E-state index >= 15 is 4.39 Å². The number of halogens is 4. The summed E-state index contributed by atoms with van der Waals surface area (Å²) >= 11 is 0. The lowest BCUT2D eigenvalue weighted by atomic mass is 9.85. The van der Waals surface area contributed by atoms with Gasteiger partial charge in [0.1, 0.15) is 5.75 Å². The first-order valence-electron chi connectivity index (χ1n) is 17.3. The summed E-state index contributed by atoms with van der Waals surface area (Å²) in [4.78, 5) is 32.2. The van der Waals surface area contributed by atoms with E-state index in [-0.39, 0.29) is 37.4 Å². The number of piperidine rings is 1. The van der Waals surface area contributed by atoms with Gasteiger partial charge >= 0.3 is 12.1 Å². The van der Waals surface area contributed by atoms with Gasteiger partial charge in [0.2, 0.25) is 5.67 Å². The van der Waals surface area contributed by atoms with Gasteiger partial charge in [-0.3, -0.25) is 14.5 Å². The number of hydrogen-bond donors (Lipinski definition) is 0. The monoisotopic (exact) mass is 684 g/mol. The van der Waals surface area contributed by atoms with E-state index in [9.17, 15) is 28.0 Å². The highest BCUT2D eigenvalue weighted by atomic mass is 19.4. The second-order valence-electron chi connectivity index (χ2n) is 14.0. The van der Waals surface area contributed by atoms with Gasteiger partial charge < -0.3 is 19.3 Å². The average Bonchev–Trinajstić information content (AvgIpc) is 3.87. The summed E-state index contributed by atoms with van der Waals surface area (Å²) < 4.78 is 69.7. The molecule has 12 heteroatoms. The van der Waals surface area contributed by atoms with Crippen LogP contribution in [0.3, 0.4) is 0 Å². The molecule has 0 N–H and O–H groups in total. The number of nitriles is 1. The molecule has 1 aliphatic carbocycles. The molecule has 49 heavy (non-hydrogen) atoms. The fourth-order valence-corrected chi connectivity index (χ4v) is 8.61. The number of carbonyl (C=O) groups is 2. The van der Waals surface area contributed by atoms with Crippen LogP contribution in [-0.4, -0.2) is 86.4 Å². The molecule has 3 aliphatic heterocycles. The number of methoxy groups -OCH3 is 2. The molecule has 3 heterocycles. The van der Waals surface area contributed by atoms with Crippen molar-refractivity contribution in [3.8, 4) is 11.8 Å². The Labute approximate surface area is 284 Å². The van der Waals surface area contributed by atoms with Crippen molar-refractivity contribution >= 4 is 17.6 Å². The van der Waals surface area contributed by atoms with E-state index < -0.39 is 41.2 Å². The Hall–Kier alpha value is -3.85. The maximum Gasteiger partial charge on any atom is 0.416 e. The first-order valence-corrected chi connectivity index (χ1v) is 17.3. The number of nitrogens with zero attached hydrogens (tertiary/aromatic N) is 4. The molecule has 0 unspecified atom stereocenters. The van der Waals surface area contributed by atoms with E-state index in [0.717, 1.165) is 37.8 Å². The van der Waals surface area contributed by atoms with Gasteiger partial charge in [-0.1, -0.05) is 31.0 Å². The van der Waals surface area contributed by atoms with Gasteiger partial charge in [-0.25, -0.2) is 4.39 Å². The largest absolute Gasteiger partial charge is 0.497 e. The average molecular weight is 685 g/mol. The predicted octanol–water partition coefficient (Wildman–Crippen LogP) is 6.45. The fourth-order valence-electron chi connectivity index (χ4n) is 8.61. The van der Waals surface area contributed by atoms with E-state index in [2.05, 4.69) is 11.0 Å². The van der Waals surface area contributed by atoms with Crippen LogP contribution in [0.4, 0.5) is 23.2 Å². The van der Waals surface area contributed by atoms with E-state index in [4.69, 9.17) is 9.47 Å². The molecule has 2 aromatic rings. The molecule has 8 nitrogen and oxygen atoms in total. The highest BCUT2D eigenvalue weighted by molar-refractivity contribution is 5.88. The molecule has 4 aliphatic rings. The van der Waals surface area contributed by atoms with E-state index in [1.807, 2.05) is 4.90 Å². The molecule has 3 saturated heterocycles. The lowest BCUT2D eigenvalue weighted by Gasteiger charge is -2.35. The van der Waals surface area contributed by atoms with Crippen LogP contribution in [0.1, 0.15) is 79.9 Å². The molecule has 0 spiro atoms. The Bertz CT molecular complexity index is 1550. The van der Waals surface area contributed by atoms with Crippen LogP contribution < -0.4 is 9.64 Å². The van der Waals surface area contributed by atoms with Gasteiger partial charge in [0.05, 0.1) is 38.2 Å². The number of amides is 1. The molecular formula is C37H44F4N4O4. The van der Waals surface area contributed by atoms with Crippen LogP contribution in [0.2, 0.25) is 0 Å². The first-order chi connectivity index (χ1) is 23.5. The molecule has 6 rings (SSSR count). The molecule has 0 bridgehead atoms. The number of likely N-dealkylation sites (tertiary alicyclic amines) is 2. The lowest BCUT2D eigenvalue weighted by molar-refractivity contribution is -0.146. The molecular weight excluding hydrogens is 640 g/mol. The zero-order valence-corrected chi connectivity index (χ0v) is 28.1. The molecule has 4 atom stereocenters. The van der Waals surface area contributed by atoms with E-state index in [0.29, 0.717) is 61.5 Å². The number of benzene rings is 2. The highest BCUT2D eigenvalue weighted by Gasteiger charge is 2.58. The molecule has 0 aromatic heterocycles. The first kappa shape index (κ1) is 35.0. The van der Waals surface area contributed by atoms with Crippen LogP contribution in [0.5, 0.6) is 5.75 Å². The predicted molar refractivity (Wildman–Crippen MR) is 175 cm³/mol. The van der Waals surface area contributed by atoms with Crippen LogP contribution in [0.15, 0.2) is 42.5 Å². The maximum absolute atomic E-state index is 17.7. The zero-order valence-electron chi connectivity index (χ0n) is 28.1. The second-order valence-corrected chi connectivity index (χ2v) is 14.0. The summed E-state index contributed by atoms with van der Waals surface area (Å²) in [7, 11) is 2.88. The van der Waals surface area contributed by atoms with Crippen molar-refractivity contribution in [3.63, 3.8) is 0 Å². The van der Waals surface area contributed by atoms with Crippen molar-refractivity contribution in [1.82, 2.24) is 9.80 Å². The Kier molecular flexibility index (Phi) is 10.1. The Morgan fingerprint density at radius 2 is 1.69 bits per heavy atom. The zero-order chi connectivity index (χ0) is 34.9. The third-order valence-corrected chi connectivity index (χ3v) is 11.3. The van der Waals surface area contributed by atoms with Crippen molar-refractivity contribution < 1.29 is 36.6 Å².